The summed E-state index contributed by atoms with van der Waals surface area (Å²) >= 11 is 0. The third kappa shape index (κ3) is 3.51. The van der Waals surface area contributed by atoms with Gasteiger partial charge in [-0.05, 0) is 56.0 Å². The summed E-state index contributed by atoms with van der Waals surface area (Å²) in [7, 11) is -3.73. The topological polar surface area (TPSA) is 84.1 Å². The predicted octanol–water partition coefficient (Wildman–Crippen LogP) is 4.86. The number of aromatic nitrogens is 1. The summed E-state index contributed by atoms with van der Waals surface area (Å²) in [4.78, 5) is 4.81. The van der Waals surface area contributed by atoms with Crippen LogP contribution in [0.5, 0.6) is 11.5 Å². The van der Waals surface area contributed by atoms with Crippen LogP contribution in [0.25, 0.3) is 10.9 Å². The number of ether oxygens (including phenoxy) is 1. The molecule has 3 aromatic rings. The van der Waals surface area contributed by atoms with Crippen LogP contribution in [0.2, 0.25) is 0 Å². The lowest BCUT2D eigenvalue weighted by Crippen LogP contribution is -2.39. The fourth-order valence-corrected chi connectivity index (χ4v) is 7.52. The maximum Gasteiger partial charge on any atom is 0.243 e. The van der Waals surface area contributed by atoms with Crippen LogP contribution in [0.4, 0.5) is 5.82 Å². The van der Waals surface area contributed by atoms with Crippen molar-refractivity contribution in [3.8, 4) is 11.5 Å². The summed E-state index contributed by atoms with van der Waals surface area (Å²) in [6, 6.07) is 14.3. The van der Waals surface area contributed by atoms with Crippen molar-refractivity contribution in [2.24, 2.45) is 10.4 Å². The van der Waals surface area contributed by atoms with Crippen LogP contribution in [0.3, 0.4) is 0 Å². The Morgan fingerprint density at radius 2 is 1.88 bits per heavy atom. The summed E-state index contributed by atoms with van der Waals surface area (Å²) in [6.45, 7) is 1.56. The Bertz CT molecular complexity index is 1360. The molecule has 3 aliphatic rings. The molecule has 0 bridgehead atoms. The number of para-hydroxylation sites is 1. The first-order valence-corrected chi connectivity index (χ1v) is 13.5. The highest BCUT2D eigenvalue weighted by Crippen LogP contribution is 2.48. The van der Waals surface area contributed by atoms with Crippen molar-refractivity contribution >= 4 is 33.0 Å². The molecule has 2 aromatic carbocycles. The first-order chi connectivity index (χ1) is 16.5. The van der Waals surface area contributed by atoms with Gasteiger partial charge in [0.05, 0.1) is 16.5 Å². The number of hydrogen-bond donors (Lipinski definition) is 1. The second-order valence-corrected chi connectivity index (χ2v) is 11.7. The zero-order valence-electron chi connectivity index (χ0n) is 19.1. The average molecular weight is 480 g/mol. The van der Waals surface area contributed by atoms with E-state index in [4.69, 9.17) is 4.74 Å². The standard InChI is InChI=1S/C26H29N3O4S/c30-24-22-15-21(10-11-23(22)28-18-26(12-4-5-13-26)17-27-25(24)28)34(31,32)29-14-6-7-19(29)16-33-20-8-2-1-3-9-20/h1-3,8-11,15,17,19,30H,4-7,12-14,16,18H2/t19-/m0/s1. The molecule has 0 amide bonds. The van der Waals surface area contributed by atoms with E-state index >= 15 is 0 Å². The number of rotatable bonds is 5. The summed E-state index contributed by atoms with van der Waals surface area (Å²) < 4.78 is 36.7. The number of hydrogen-bond acceptors (Lipinski definition) is 5. The van der Waals surface area contributed by atoms with Crippen LogP contribution in [0.15, 0.2) is 58.4 Å². The van der Waals surface area contributed by atoms with E-state index in [0.717, 1.165) is 43.5 Å². The molecule has 1 spiro atoms. The van der Waals surface area contributed by atoms with Crippen molar-refractivity contribution in [3.63, 3.8) is 0 Å². The van der Waals surface area contributed by atoms with Crippen LogP contribution in [0, 0.1) is 5.41 Å². The number of nitrogens with zero attached hydrogens (tertiary/aromatic N) is 3. The van der Waals surface area contributed by atoms with Gasteiger partial charge in [-0.15, -0.1) is 0 Å². The van der Waals surface area contributed by atoms with E-state index in [-0.39, 0.29) is 22.1 Å². The summed E-state index contributed by atoms with van der Waals surface area (Å²) in [5.41, 5.74) is 0.887. The second kappa shape index (κ2) is 8.13. The van der Waals surface area contributed by atoms with Gasteiger partial charge in [-0.3, -0.25) is 0 Å². The van der Waals surface area contributed by atoms with Gasteiger partial charge in [0.2, 0.25) is 10.0 Å². The minimum absolute atomic E-state index is 0.0532. The molecule has 2 fully saturated rings. The molecule has 1 saturated carbocycles. The van der Waals surface area contributed by atoms with Gasteiger partial charge >= 0.3 is 0 Å². The summed E-state index contributed by atoms with van der Waals surface area (Å²) in [5.74, 6) is 1.32. The minimum atomic E-state index is -3.73. The largest absolute Gasteiger partial charge is 0.504 e. The molecular formula is C26H29N3O4S. The lowest BCUT2D eigenvalue weighted by Gasteiger charge is -2.29. The van der Waals surface area contributed by atoms with E-state index in [0.29, 0.717) is 24.4 Å². The molecule has 1 N–H and O–H groups in total. The monoisotopic (exact) mass is 479 g/mol. The highest BCUT2D eigenvalue weighted by Gasteiger charge is 2.38. The van der Waals surface area contributed by atoms with Crippen molar-refractivity contribution in [1.29, 1.82) is 0 Å². The molecule has 1 saturated heterocycles. The second-order valence-electron chi connectivity index (χ2n) is 9.80. The number of benzene rings is 2. The summed E-state index contributed by atoms with van der Waals surface area (Å²) in [6.07, 6.45) is 8.16. The normalized spacial score (nSPS) is 21.9. The van der Waals surface area contributed by atoms with Gasteiger partial charge in [0.25, 0.3) is 0 Å². The van der Waals surface area contributed by atoms with Crippen LogP contribution >= 0.6 is 0 Å². The van der Waals surface area contributed by atoms with E-state index in [9.17, 15) is 13.5 Å². The maximum atomic E-state index is 13.6. The lowest BCUT2D eigenvalue weighted by molar-refractivity contribution is 0.232. The highest BCUT2D eigenvalue weighted by molar-refractivity contribution is 7.89. The van der Waals surface area contributed by atoms with E-state index in [1.807, 2.05) is 42.6 Å². The fourth-order valence-electron chi connectivity index (χ4n) is 5.81. The molecule has 0 radical (unpaired) electrons. The molecule has 7 nitrogen and oxygen atoms in total. The zero-order chi connectivity index (χ0) is 23.3. The highest BCUT2D eigenvalue weighted by atomic mass is 32.2. The third-order valence-electron chi connectivity index (χ3n) is 7.63. The first-order valence-electron chi connectivity index (χ1n) is 12.1. The average Bonchev–Trinajstić information content (AvgIpc) is 3.58. The van der Waals surface area contributed by atoms with E-state index in [2.05, 4.69) is 9.56 Å². The van der Waals surface area contributed by atoms with Crippen molar-refractivity contribution < 1.29 is 18.3 Å². The quantitative estimate of drug-likeness (QED) is 0.567. The number of aromatic hydroxyl groups is 1. The molecule has 1 aromatic heterocycles. The Morgan fingerprint density at radius 3 is 2.68 bits per heavy atom. The molecule has 6 rings (SSSR count). The molecule has 178 valence electrons. The van der Waals surface area contributed by atoms with Gasteiger partial charge in [-0.25, -0.2) is 13.4 Å². The number of sulfonamides is 1. The zero-order valence-corrected chi connectivity index (χ0v) is 19.9. The van der Waals surface area contributed by atoms with Crippen LogP contribution in [-0.4, -0.2) is 47.8 Å². The third-order valence-corrected chi connectivity index (χ3v) is 9.58. The maximum absolute atomic E-state index is 13.6. The molecule has 2 aliphatic heterocycles. The van der Waals surface area contributed by atoms with Gasteiger partial charge in [-0.2, -0.15) is 4.31 Å². The molecule has 3 heterocycles. The van der Waals surface area contributed by atoms with Crippen LogP contribution in [-0.2, 0) is 16.6 Å². The Balaban J connectivity index is 1.30. The number of fused-ring (bicyclic) bond motifs is 3. The summed E-state index contributed by atoms with van der Waals surface area (Å²) in [5, 5.41) is 11.5. The van der Waals surface area contributed by atoms with Crippen molar-refractivity contribution in [3.05, 3.63) is 48.5 Å². The predicted molar refractivity (Wildman–Crippen MR) is 132 cm³/mol. The van der Waals surface area contributed by atoms with Crippen LogP contribution in [0.1, 0.15) is 38.5 Å². The van der Waals surface area contributed by atoms with Crippen molar-refractivity contribution in [1.82, 2.24) is 8.87 Å². The molecule has 1 atom stereocenters. The SMILES string of the molecule is O=S(=O)(c1ccc2c(c1)c(O)c1n2CC2(C=N1)CCCC2)N1CCC[C@H]1COc1ccccc1. The van der Waals surface area contributed by atoms with Gasteiger partial charge in [0.1, 0.15) is 12.4 Å². The smallest absolute Gasteiger partial charge is 0.243 e. The van der Waals surface area contributed by atoms with Gasteiger partial charge < -0.3 is 14.4 Å². The molecular weight excluding hydrogens is 450 g/mol. The minimum Gasteiger partial charge on any atom is -0.504 e. The van der Waals surface area contributed by atoms with E-state index in [1.54, 1.807) is 16.4 Å². The van der Waals surface area contributed by atoms with Crippen LogP contribution < -0.4 is 4.74 Å². The fraction of sp³-hybridized carbons (Fsp3) is 0.423. The molecule has 0 unspecified atom stereocenters. The van der Waals surface area contributed by atoms with E-state index in [1.165, 1.54) is 12.8 Å². The Morgan fingerprint density at radius 1 is 1.09 bits per heavy atom. The Hall–Kier alpha value is -2.84. The lowest BCUT2D eigenvalue weighted by atomic mass is 9.86. The Kier molecular flexibility index (Phi) is 5.18. The van der Waals surface area contributed by atoms with Gasteiger partial charge in [0, 0.05) is 30.1 Å². The van der Waals surface area contributed by atoms with E-state index < -0.39 is 10.0 Å². The van der Waals surface area contributed by atoms with Crippen molar-refractivity contribution in [2.75, 3.05) is 13.2 Å². The number of aliphatic imine (C=N–C) groups is 1. The molecule has 34 heavy (non-hydrogen) atoms. The van der Waals surface area contributed by atoms with Gasteiger partial charge in [0.15, 0.2) is 11.6 Å². The van der Waals surface area contributed by atoms with Crippen molar-refractivity contribution in [2.45, 2.75) is 56.0 Å². The molecule has 1 aliphatic carbocycles. The first kappa shape index (κ1) is 21.7. The Labute approximate surface area is 199 Å². The molecule has 8 heteroatoms. The van der Waals surface area contributed by atoms with Gasteiger partial charge in [-0.1, -0.05) is 31.0 Å².